The Morgan fingerprint density at radius 2 is 2.03 bits per heavy atom. The van der Waals surface area contributed by atoms with Gasteiger partial charge in [0.25, 0.3) is 18.6 Å². The molecule has 0 spiro atoms. The molecule has 2 N–H and O–H groups in total. The number of aromatic amines is 2. The molecular formula is C23H23N4O4+. The lowest BCUT2D eigenvalue weighted by atomic mass is 9.92. The van der Waals surface area contributed by atoms with E-state index < -0.39 is 5.63 Å². The average Bonchev–Trinajstić information content (AvgIpc) is 3.36. The van der Waals surface area contributed by atoms with E-state index in [-0.39, 0.29) is 18.5 Å². The van der Waals surface area contributed by atoms with Gasteiger partial charge < -0.3 is 14.6 Å². The average molecular weight is 419 g/mol. The summed E-state index contributed by atoms with van der Waals surface area (Å²) >= 11 is 0. The highest BCUT2D eigenvalue weighted by Crippen LogP contribution is 2.38. The monoisotopic (exact) mass is 419 g/mol. The molecule has 0 radical (unpaired) electrons. The molecule has 0 bridgehead atoms. The molecule has 3 heterocycles. The second-order valence-electron chi connectivity index (χ2n) is 7.57. The number of para-hydroxylation sites is 1. The smallest absolute Gasteiger partial charge is 0.426 e. The van der Waals surface area contributed by atoms with Crippen molar-refractivity contribution in [2.24, 2.45) is 0 Å². The Kier molecular flexibility index (Phi) is 4.82. The minimum atomic E-state index is -0.521. The van der Waals surface area contributed by atoms with Crippen molar-refractivity contribution in [2.75, 3.05) is 13.2 Å². The van der Waals surface area contributed by atoms with Crippen LogP contribution in [0.4, 0.5) is 0 Å². The third-order valence-electron chi connectivity index (χ3n) is 5.69. The molecular weight excluding hydrogens is 396 g/mol. The lowest BCUT2D eigenvalue weighted by Gasteiger charge is -2.35. The van der Waals surface area contributed by atoms with Gasteiger partial charge in [0.15, 0.2) is 0 Å². The first-order valence-electron chi connectivity index (χ1n) is 10.3. The molecule has 1 atom stereocenters. The summed E-state index contributed by atoms with van der Waals surface area (Å²) < 4.78 is 11.6. The van der Waals surface area contributed by atoms with Crippen LogP contribution in [0.25, 0.3) is 10.9 Å². The maximum absolute atomic E-state index is 13.3. The van der Waals surface area contributed by atoms with Gasteiger partial charge in [-0.05, 0) is 47.9 Å². The van der Waals surface area contributed by atoms with E-state index in [0.29, 0.717) is 13.2 Å². The van der Waals surface area contributed by atoms with Crippen LogP contribution in [-0.2, 0) is 17.8 Å². The number of carbonyl (C=O) groups is 1. The highest BCUT2D eigenvalue weighted by atomic mass is 16.5. The highest BCUT2D eigenvalue weighted by Gasteiger charge is 2.36. The minimum Gasteiger partial charge on any atom is -0.494 e. The van der Waals surface area contributed by atoms with Crippen LogP contribution < -0.4 is 15.0 Å². The summed E-state index contributed by atoms with van der Waals surface area (Å²) in [6.45, 7) is 3.12. The summed E-state index contributed by atoms with van der Waals surface area (Å²) in [5.74, 6) is 0.688. The number of rotatable bonds is 5. The zero-order valence-electron chi connectivity index (χ0n) is 17.1. The van der Waals surface area contributed by atoms with E-state index in [1.165, 1.54) is 21.8 Å². The molecule has 8 nitrogen and oxygen atoms in total. The molecule has 0 saturated carbocycles. The second kappa shape index (κ2) is 7.79. The number of amides is 1. The third kappa shape index (κ3) is 3.50. The molecule has 31 heavy (non-hydrogen) atoms. The van der Waals surface area contributed by atoms with Crippen LogP contribution in [0.1, 0.15) is 29.8 Å². The minimum absolute atomic E-state index is 0.00513. The van der Waals surface area contributed by atoms with Crippen molar-refractivity contribution >= 4 is 16.8 Å². The predicted molar refractivity (Wildman–Crippen MR) is 113 cm³/mol. The topological polar surface area (TPSA) is 95.2 Å². The van der Waals surface area contributed by atoms with E-state index in [1.54, 1.807) is 0 Å². The quantitative estimate of drug-likeness (QED) is 0.486. The maximum atomic E-state index is 13.3. The highest BCUT2D eigenvalue weighted by molar-refractivity contribution is 5.86. The number of hydrogen-bond acceptors (Lipinski definition) is 4. The Morgan fingerprint density at radius 3 is 2.77 bits per heavy atom. The van der Waals surface area contributed by atoms with Crippen molar-refractivity contribution in [2.45, 2.75) is 25.9 Å². The van der Waals surface area contributed by atoms with Crippen LogP contribution in [0.15, 0.2) is 64.0 Å². The molecule has 8 heteroatoms. The Labute approximate surface area is 178 Å². The van der Waals surface area contributed by atoms with Crippen molar-refractivity contribution in [3.05, 3.63) is 82.0 Å². The zero-order chi connectivity index (χ0) is 21.4. The van der Waals surface area contributed by atoms with E-state index in [4.69, 9.17) is 4.74 Å². The molecule has 5 rings (SSSR count). The maximum Gasteiger partial charge on any atom is 0.426 e. The lowest BCUT2D eigenvalue weighted by molar-refractivity contribution is -0.751. The fraction of sp³-hybridized carbons (Fsp3) is 0.261. The van der Waals surface area contributed by atoms with Crippen LogP contribution in [0, 0.1) is 0 Å². The first-order valence-corrected chi connectivity index (χ1v) is 10.3. The van der Waals surface area contributed by atoms with Gasteiger partial charge in [-0.1, -0.05) is 35.0 Å². The van der Waals surface area contributed by atoms with Gasteiger partial charge in [-0.3, -0.25) is 9.32 Å². The van der Waals surface area contributed by atoms with E-state index in [0.717, 1.165) is 28.9 Å². The van der Waals surface area contributed by atoms with Crippen LogP contribution in [0.3, 0.4) is 0 Å². The SMILES string of the molecule is CCOc1ccc(C2c3[nH]c4ccccc4c3CCN2C(=O)C[n+]2cc(=O)o[nH]2)cc1. The number of hydrogen-bond donors (Lipinski definition) is 2. The summed E-state index contributed by atoms with van der Waals surface area (Å²) in [6, 6.07) is 15.8. The number of nitrogens with one attached hydrogen (secondary N) is 2. The molecule has 0 aliphatic carbocycles. The van der Waals surface area contributed by atoms with Gasteiger partial charge >= 0.3 is 5.63 Å². The van der Waals surface area contributed by atoms with Gasteiger partial charge in [-0.25, -0.2) is 4.79 Å². The summed E-state index contributed by atoms with van der Waals surface area (Å²) in [7, 11) is 0. The number of carbonyl (C=O) groups excluding carboxylic acids is 1. The largest absolute Gasteiger partial charge is 0.494 e. The van der Waals surface area contributed by atoms with Gasteiger partial charge in [0, 0.05) is 23.1 Å². The molecule has 1 unspecified atom stereocenters. The first kappa shape index (κ1) is 19.2. The summed E-state index contributed by atoms with van der Waals surface area (Å²) in [6.07, 6.45) is 1.99. The van der Waals surface area contributed by atoms with Crippen LogP contribution in [0.5, 0.6) is 5.75 Å². The van der Waals surface area contributed by atoms with Crippen LogP contribution in [-0.4, -0.2) is 34.2 Å². The molecule has 158 valence electrons. The van der Waals surface area contributed by atoms with Gasteiger partial charge in [0.1, 0.15) is 5.75 Å². The number of fused-ring (bicyclic) bond motifs is 3. The van der Waals surface area contributed by atoms with Crippen molar-refractivity contribution < 1.29 is 18.7 Å². The molecule has 1 aliphatic rings. The van der Waals surface area contributed by atoms with Gasteiger partial charge in [0.2, 0.25) is 0 Å². The predicted octanol–water partition coefficient (Wildman–Crippen LogP) is 2.31. The third-order valence-corrected chi connectivity index (χ3v) is 5.69. The summed E-state index contributed by atoms with van der Waals surface area (Å²) in [5, 5.41) is 3.64. The molecule has 2 aromatic carbocycles. The Balaban J connectivity index is 1.56. The molecule has 1 aliphatic heterocycles. The Hall–Kier alpha value is -3.81. The van der Waals surface area contributed by atoms with E-state index in [2.05, 4.69) is 26.9 Å². The molecule has 4 aromatic rings. The van der Waals surface area contributed by atoms with Gasteiger partial charge in [-0.15, -0.1) is 0 Å². The summed E-state index contributed by atoms with van der Waals surface area (Å²) in [4.78, 5) is 30.0. The van der Waals surface area contributed by atoms with Crippen molar-refractivity contribution in [3.63, 3.8) is 0 Å². The zero-order valence-corrected chi connectivity index (χ0v) is 17.1. The van der Waals surface area contributed by atoms with Crippen molar-refractivity contribution in [1.82, 2.24) is 15.2 Å². The van der Waals surface area contributed by atoms with Gasteiger partial charge in [0.05, 0.1) is 12.6 Å². The van der Waals surface area contributed by atoms with Gasteiger partial charge in [-0.2, -0.15) is 0 Å². The Bertz CT molecular complexity index is 1280. The first-order chi connectivity index (χ1) is 15.1. The number of benzene rings is 2. The lowest BCUT2D eigenvalue weighted by Crippen LogP contribution is -2.49. The molecule has 0 saturated heterocycles. The number of aromatic nitrogens is 3. The Morgan fingerprint density at radius 1 is 1.23 bits per heavy atom. The van der Waals surface area contributed by atoms with E-state index in [9.17, 15) is 9.59 Å². The molecule has 2 aromatic heterocycles. The number of ether oxygens (including phenoxy) is 1. The van der Waals surface area contributed by atoms with Crippen LogP contribution >= 0.6 is 0 Å². The van der Waals surface area contributed by atoms with E-state index >= 15 is 0 Å². The molecule has 0 fully saturated rings. The molecule has 1 amide bonds. The fourth-order valence-electron chi connectivity index (χ4n) is 4.37. The fourth-order valence-corrected chi connectivity index (χ4v) is 4.37. The van der Waals surface area contributed by atoms with Crippen LogP contribution in [0.2, 0.25) is 0 Å². The van der Waals surface area contributed by atoms with Crippen molar-refractivity contribution in [3.8, 4) is 5.75 Å². The number of H-pyrrole nitrogens is 2. The normalized spacial score (nSPS) is 15.8. The number of nitrogens with zero attached hydrogens (tertiary/aromatic N) is 2. The van der Waals surface area contributed by atoms with E-state index in [1.807, 2.05) is 48.2 Å². The standard InChI is InChI=1S/C23H22N4O4/c1-2-30-16-9-7-15(8-10-16)23-22-18(17-5-3-4-6-19(17)24-22)11-12-27(23)20(28)13-26-14-21(29)31-25-26/h3-10,14,23-24H,2,11-13H2,1H3/p+1. The second-order valence-corrected chi connectivity index (χ2v) is 7.57. The summed E-state index contributed by atoms with van der Waals surface area (Å²) in [5.41, 5.74) is 3.80. The van der Waals surface area contributed by atoms with Crippen molar-refractivity contribution in [1.29, 1.82) is 0 Å².